The van der Waals surface area contributed by atoms with Crippen LogP contribution in [0, 0.1) is 5.92 Å². The molecule has 0 fully saturated rings. The minimum atomic E-state index is -0.957. The number of amides is 2. The number of benzene rings is 2. The van der Waals surface area contributed by atoms with Gasteiger partial charge in [-0.25, -0.2) is 4.79 Å². The summed E-state index contributed by atoms with van der Waals surface area (Å²) in [6, 6.07) is 15.5. The summed E-state index contributed by atoms with van der Waals surface area (Å²) in [6.45, 7) is 1.89. The van der Waals surface area contributed by atoms with Gasteiger partial charge in [-0.15, -0.1) is 0 Å². The molecule has 0 bridgehead atoms. The average molecular weight is 449 g/mol. The van der Waals surface area contributed by atoms with Crippen LogP contribution >= 0.6 is 0 Å². The van der Waals surface area contributed by atoms with E-state index in [0.29, 0.717) is 12.8 Å². The fourth-order valence-electron chi connectivity index (χ4n) is 4.67. The van der Waals surface area contributed by atoms with E-state index in [1.54, 1.807) is 6.92 Å². The Morgan fingerprint density at radius 3 is 2.33 bits per heavy atom. The summed E-state index contributed by atoms with van der Waals surface area (Å²) in [5, 5.41) is 14.4. The van der Waals surface area contributed by atoms with Crippen LogP contribution in [0.3, 0.4) is 0 Å². The van der Waals surface area contributed by atoms with Crippen LogP contribution in [-0.4, -0.2) is 41.8 Å². The topological polar surface area (TPSA) is 105 Å². The lowest BCUT2D eigenvalue weighted by molar-refractivity contribution is -0.137. The molecule has 0 aliphatic heterocycles. The molecule has 2 aromatic rings. The molecule has 2 aromatic carbocycles. The number of carboxylic acids is 1. The van der Waals surface area contributed by atoms with Gasteiger partial charge in [0.15, 0.2) is 0 Å². The zero-order valence-corrected chi connectivity index (χ0v) is 18.5. The van der Waals surface area contributed by atoms with Gasteiger partial charge in [0.1, 0.15) is 6.61 Å². The Morgan fingerprint density at radius 2 is 1.70 bits per heavy atom. The SMILES string of the molecule is C[C@H](CC(=O)O)NC(=O)C1CC=CC(NC(=O)OCC2c3ccccc3-c3ccccc32)C1. The second-order valence-electron chi connectivity index (χ2n) is 8.68. The lowest BCUT2D eigenvalue weighted by atomic mass is 9.90. The highest BCUT2D eigenvalue weighted by Gasteiger charge is 2.30. The number of carbonyl (C=O) groups is 3. The minimum absolute atomic E-state index is 0.0145. The summed E-state index contributed by atoms with van der Waals surface area (Å²) < 4.78 is 5.60. The molecule has 0 saturated heterocycles. The van der Waals surface area contributed by atoms with Gasteiger partial charge < -0.3 is 20.5 Å². The van der Waals surface area contributed by atoms with Crippen molar-refractivity contribution in [3.63, 3.8) is 0 Å². The fourth-order valence-corrected chi connectivity index (χ4v) is 4.67. The van der Waals surface area contributed by atoms with Crippen LogP contribution < -0.4 is 10.6 Å². The molecule has 0 heterocycles. The van der Waals surface area contributed by atoms with E-state index in [1.807, 2.05) is 36.4 Å². The quantitative estimate of drug-likeness (QED) is 0.558. The van der Waals surface area contributed by atoms with Crippen molar-refractivity contribution in [3.8, 4) is 11.1 Å². The molecule has 33 heavy (non-hydrogen) atoms. The average Bonchev–Trinajstić information content (AvgIpc) is 3.11. The van der Waals surface area contributed by atoms with E-state index in [2.05, 4.69) is 34.9 Å². The third kappa shape index (κ3) is 5.25. The third-order valence-electron chi connectivity index (χ3n) is 6.21. The molecule has 7 nitrogen and oxygen atoms in total. The first-order valence-electron chi connectivity index (χ1n) is 11.2. The Kier molecular flexibility index (Phi) is 6.77. The number of aliphatic carboxylic acids is 1. The van der Waals surface area contributed by atoms with E-state index >= 15 is 0 Å². The van der Waals surface area contributed by atoms with Crippen molar-refractivity contribution in [2.24, 2.45) is 5.92 Å². The maximum Gasteiger partial charge on any atom is 0.407 e. The Bertz CT molecular complexity index is 1030. The van der Waals surface area contributed by atoms with Crippen molar-refractivity contribution in [1.82, 2.24) is 10.6 Å². The number of ether oxygens (including phenoxy) is 1. The number of fused-ring (bicyclic) bond motifs is 3. The second-order valence-corrected chi connectivity index (χ2v) is 8.68. The van der Waals surface area contributed by atoms with Crippen LogP contribution in [0.15, 0.2) is 60.7 Å². The first-order valence-corrected chi connectivity index (χ1v) is 11.2. The lowest BCUT2D eigenvalue weighted by Crippen LogP contribution is -2.43. The molecule has 172 valence electrons. The number of carbonyl (C=O) groups excluding carboxylic acids is 2. The van der Waals surface area contributed by atoms with Gasteiger partial charge in [-0.05, 0) is 42.0 Å². The summed E-state index contributed by atoms with van der Waals surface area (Å²) >= 11 is 0. The van der Waals surface area contributed by atoms with Crippen LogP contribution in [0.2, 0.25) is 0 Å². The Balaban J connectivity index is 1.32. The summed E-state index contributed by atoms with van der Waals surface area (Å²) in [4.78, 5) is 35.8. The largest absolute Gasteiger partial charge is 0.481 e. The number of rotatable bonds is 7. The molecular formula is C26H28N2O5. The molecule has 0 saturated carbocycles. The van der Waals surface area contributed by atoms with Gasteiger partial charge in [-0.3, -0.25) is 9.59 Å². The molecule has 0 aromatic heterocycles. The maximum absolute atomic E-state index is 12.5. The minimum Gasteiger partial charge on any atom is -0.481 e. The number of nitrogens with one attached hydrogen (secondary N) is 2. The normalized spacial score (nSPS) is 19.8. The first kappa shape index (κ1) is 22.6. The van der Waals surface area contributed by atoms with Gasteiger partial charge in [0.25, 0.3) is 0 Å². The molecule has 0 radical (unpaired) electrons. The Labute approximate surface area is 192 Å². The molecule has 2 aliphatic carbocycles. The maximum atomic E-state index is 12.5. The standard InChI is InChI=1S/C26H28N2O5/c1-16(13-24(29)30)27-25(31)17-7-6-8-18(14-17)28-26(32)33-15-23-21-11-4-2-9-19(21)20-10-3-5-12-22(20)23/h2-6,8-12,16-18,23H,7,13-15H2,1H3,(H,27,31)(H,28,32)(H,29,30)/t16-,17?,18?/m1/s1. The molecule has 4 rings (SSSR count). The van der Waals surface area contributed by atoms with Gasteiger partial charge >= 0.3 is 12.1 Å². The van der Waals surface area contributed by atoms with E-state index < -0.39 is 18.1 Å². The van der Waals surface area contributed by atoms with E-state index in [0.717, 1.165) is 11.1 Å². The summed E-state index contributed by atoms with van der Waals surface area (Å²) in [5.41, 5.74) is 4.64. The van der Waals surface area contributed by atoms with Crippen LogP contribution in [-0.2, 0) is 14.3 Å². The van der Waals surface area contributed by atoms with Crippen molar-refractivity contribution < 1.29 is 24.2 Å². The van der Waals surface area contributed by atoms with Crippen LogP contribution in [0.5, 0.6) is 0 Å². The zero-order chi connectivity index (χ0) is 23.4. The van der Waals surface area contributed by atoms with Crippen molar-refractivity contribution in [3.05, 3.63) is 71.8 Å². The van der Waals surface area contributed by atoms with Crippen LogP contribution in [0.1, 0.15) is 43.2 Å². The first-order chi connectivity index (χ1) is 15.9. The molecule has 3 atom stereocenters. The second kappa shape index (κ2) is 9.90. The number of allylic oxidation sites excluding steroid dienone is 1. The Morgan fingerprint density at radius 1 is 1.06 bits per heavy atom. The van der Waals surface area contributed by atoms with Gasteiger partial charge in [0.05, 0.1) is 12.5 Å². The lowest BCUT2D eigenvalue weighted by Gasteiger charge is -2.26. The highest BCUT2D eigenvalue weighted by atomic mass is 16.5. The smallest absolute Gasteiger partial charge is 0.407 e. The van der Waals surface area contributed by atoms with Crippen LogP contribution in [0.4, 0.5) is 4.79 Å². The van der Waals surface area contributed by atoms with E-state index in [4.69, 9.17) is 9.84 Å². The van der Waals surface area contributed by atoms with E-state index in [1.165, 1.54) is 11.1 Å². The molecule has 7 heteroatoms. The number of hydrogen-bond donors (Lipinski definition) is 3. The molecule has 3 N–H and O–H groups in total. The van der Waals surface area contributed by atoms with Crippen molar-refractivity contribution in [1.29, 1.82) is 0 Å². The number of hydrogen-bond acceptors (Lipinski definition) is 4. The van der Waals surface area contributed by atoms with E-state index in [9.17, 15) is 14.4 Å². The molecule has 0 spiro atoms. The summed E-state index contributed by atoms with van der Waals surface area (Å²) in [5.74, 6) is -1.50. The number of carboxylic acid groups (broad SMARTS) is 1. The zero-order valence-electron chi connectivity index (χ0n) is 18.5. The Hall–Kier alpha value is -3.61. The molecule has 2 unspecified atom stereocenters. The van der Waals surface area contributed by atoms with Crippen molar-refractivity contribution in [2.75, 3.05) is 6.61 Å². The number of alkyl carbamates (subject to hydrolysis) is 1. The van der Waals surface area contributed by atoms with Gasteiger partial charge in [0.2, 0.25) is 5.91 Å². The third-order valence-corrected chi connectivity index (χ3v) is 6.21. The van der Waals surface area contributed by atoms with Gasteiger partial charge in [-0.2, -0.15) is 0 Å². The predicted octanol–water partition coefficient (Wildman–Crippen LogP) is 3.84. The summed E-state index contributed by atoms with van der Waals surface area (Å²) in [7, 11) is 0. The molecule has 2 aliphatic rings. The fraction of sp³-hybridized carbons (Fsp3) is 0.346. The molecular weight excluding hydrogens is 420 g/mol. The predicted molar refractivity (Wildman–Crippen MR) is 124 cm³/mol. The molecule has 2 amide bonds. The van der Waals surface area contributed by atoms with Crippen LogP contribution in [0.25, 0.3) is 11.1 Å². The van der Waals surface area contributed by atoms with E-state index in [-0.39, 0.29) is 36.8 Å². The van der Waals surface area contributed by atoms with Crippen molar-refractivity contribution >= 4 is 18.0 Å². The summed E-state index contributed by atoms with van der Waals surface area (Å²) in [6.07, 6.45) is 4.07. The van der Waals surface area contributed by atoms with Crippen molar-refractivity contribution in [2.45, 2.75) is 44.2 Å². The van der Waals surface area contributed by atoms with Gasteiger partial charge in [-0.1, -0.05) is 60.7 Å². The highest BCUT2D eigenvalue weighted by Crippen LogP contribution is 2.44. The highest BCUT2D eigenvalue weighted by molar-refractivity contribution is 5.81. The van der Waals surface area contributed by atoms with Gasteiger partial charge in [0, 0.05) is 17.9 Å². The monoisotopic (exact) mass is 448 g/mol.